The fourth-order valence-electron chi connectivity index (χ4n) is 5.27. The molecule has 0 saturated carbocycles. The quantitative estimate of drug-likeness (QED) is 0.346. The number of carbonyl (C=O) groups is 1. The van der Waals surface area contributed by atoms with Gasteiger partial charge in [-0.3, -0.25) is 4.79 Å². The van der Waals surface area contributed by atoms with Crippen molar-refractivity contribution in [2.45, 2.75) is 71.0 Å². The van der Waals surface area contributed by atoms with E-state index in [9.17, 15) is 14.7 Å². The molecule has 0 spiro atoms. The van der Waals surface area contributed by atoms with E-state index in [4.69, 9.17) is 14.5 Å². The molecule has 0 saturated heterocycles. The van der Waals surface area contributed by atoms with Crippen molar-refractivity contribution in [2.24, 2.45) is 0 Å². The smallest absolute Gasteiger partial charge is 0.343 e. The lowest BCUT2D eigenvalue weighted by molar-refractivity contribution is -0.172. The van der Waals surface area contributed by atoms with Gasteiger partial charge in [-0.15, -0.1) is 0 Å². The van der Waals surface area contributed by atoms with Gasteiger partial charge >= 0.3 is 5.97 Å². The maximum Gasteiger partial charge on any atom is 0.343 e. The van der Waals surface area contributed by atoms with E-state index in [2.05, 4.69) is 39.9 Å². The van der Waals surface area contributed by atoms with Crippen LogP contribution in [0.2, 0.25) is 18.1 Å². The molecule has 2 aromatic heterocycles. The largest absolute Gasteiger partial charge is 0.497 e. The zero-order valence-corrected chi connectivity index (χ0v) is 22.4. The molecule has 0 bridgehead atoms. The highest BCUT2D eigenvalue weighted by molar-refractivity contribution is 6.94. The molecule has 35 heavy (non-hydrogen) atoms. The van der Waals surface area contributed by atoms with Gasteiger partial charge in [0.25, 0.3) is 5.56 Å². The molecule has 5 rings (SSSR count). The van der Waals surface area contributed by atoms with E-state index in [0.29, 0.717) is 23.4 Å². The van der Waals surface area contributed by atoms with Gasteiger partial charge in [0, 0.05) is 10.9 Å². The van der Waals surface area contributed by atoms with E-state index in [1.54, 1.807) is 24.7 Å². The molecular weight excluding hydrogens is 460 g/mol. The number of ether oxygens (including phenoxy) is 2. The highest BCUT2D eigenvalue weighted by Gasteiger charge is 2.46. The molecule has 0 fully saturated rings. The van der Waals surface area contributed by atoms with Crippen molar-refractivity contribution in [1.29, 1.82) is 0 Å². The van der Waals surface area contributed by atoms with Gasteiger partial charge in [0.05, 0.1) is 44.2 Å². The Kier molecular flexibility index (Phi) is 5.10. The Bertz CT molecular complexity index is 1470. The fraction of sp³-hybridized carbons (Fsp3) is 0.444. The Hall–Kier alpha value is -2.97. The molecule has 0 radical (unpaired) electrons. The number of benzene rings is 1. The Morgan fingerprint density at radius 3 is 2.54 bits per heavy atom. The molecule has 8 heteroatoms. The third-order valence-corrected chi connectivity index (χ3v) is 14.0. The predicted octanol–water partition coefficient (Wildman–Crippen LogP) is 3.80. The van der Waals surface area contributed by atoms with E-state index in [1.165, 1.54) is 5.19 Å². The van der Waals surface area contributed by atoms with Crippen LogP contribution in [0.1, 0.15) is 50.8 Å². The fourth-order valence-corrected chi connectivity index (χ4v) is 7.85. The molecule has 4 heterocycles. The molecule has 3 aromatic rings. The molecule has 2 aliphatic rings. The van der Waals surface area contributed by atoms with Gasteiger partial charge in [0.2, 0.25) is 0 Å². The number of fused-ring (bicyclic) bond motifs is 5. The molecule has 1 atom stereocenters. The number of nitrogens with zero attached hydrogens (tertiary/aromatic N) is 2. The number of esters is 1. The minimum absolute atomic E-state index is 0.0415. The van der Waals surface area contributed by atoms with E-state index < -0.39 is 19.6 Å². The van der Waals surface area contributed by atoms with Crippen LogP contribution in [-0.2, 0) is 28.3 Å². The average Bonchev–Trinajstić information content (AvgIpc) is 3.17. The zero-order chi connectivity index (χ0) is 25.5. The number of methoxy groups -OCH3 is 1. The third-order valence-electron chi connectivity index (χ3n) is 8.39. The predicted molar refractivity (Wildman–Crippen MR) is 138 cm³/mol. The third kappa shape index (κ3) is 3.16. The lowest BCUT2D eigenvalue weighted by Crippen LogP contribution is -2.51. The molecule has 184 valence electrons. The number of carbonyl (C=O) groups excluding carboxylic acids is 1. The van der Waals surface area contributed by atoms with Crippen molar-refractivity contribution in [3.8, 4) is 17.1 Å². The second kappa shape index (κ2) is 7.51. The van der Waals surface area contributed by atoms with Crippen molar-refractivity contribution in [1.82, 2.24) is 9.55 Å². The van der Waals surface area contributed by atoms with Crippen LogP contribution in [0.4, 0.5) is 0 Å². The lowest BCUT2D eigenvalue weighted by atomic mass is 9.86. The second-order valence-electron chi connectivity index (χ2n) is 11.2. The van der Waals surface area contributed by atoms with Crippen molar-refractivity contribution < 1.29 is 19.4 Å². The van der Waals surface area contributed by atoms with Gasteiger partial charge < -0.3 is 19.1 Å². The number of hydrogen-bond acceptors (Lipinski definition) is 6. The highest BCUT2D eigenvalue weighted by Crippen LogP contribution is 2.42. The van der Waals surface area contributed by atoms with Crippen molar-refractivity contribution in [3.63, 3.8) is 0 Å². The van der Waals surface area contributed by atoms with Gasteiger partial charge in [-0.05, 0) is 46.5 Å². The molecule has 0 unspecified atom stereocenters. The maximum absolute atomic E-state index is 13.7. The first kappa shape index (κ1) is 23.8. The maximum atomic E-state index is 13.7. The number of hydrogen-bond donors (Lipinski definition) is 1. The topological polar surface area (TPSA) is 90.7 Å². The van der Waals surface area contributed by atoms with Crippen LogP contribution in [0.3, 0.4) is 0 Å². The van der Waals surface area contributed by atoms with Crippen LogP contribution in [0.5, 0.6) is 5.75 Å². The molecule has 7 nitrogen and oxygen atoms in total. The molecule has 0 aliphatic carbocycles. The van der Waals surface area contributed by atoms with Crippen molar-refractivity contribution in [2.75, 3.05) is 7.11 Å². The van der Waals surface area contributed by atoms with Crippen LogP contribution in [0.25, 0.3) is 22.3 Å². The molecular formula is C27H32N2O5Si. The van der Waals surface area contributed by atoms with Crippen LogP contribution >= 0.6 is 0 Å². The molecule has 1 N–H and O–H groups in total. The SMILES string of the molecule is CC[C@@]1(O)C(=O)OCc2c1cc1n(c2=O)Cc2c-1nc1ccc(OC)cc1c2[Si](C)(C)C(C)(C)C. The van der Waals surface area contributed by atoms with Crippen molar-refractivity contribution in [3.05, 3.63) is 51.3 Å². The first-order valence-electron chi connectivity index (χ1n) is 12.0. The van der Waals surface area contributed by atoms with Gasteiger partial charge in [0.15, 0.2) is 5.60 Å². The average molecular weight is 493 g/mol. The first-order valence-corrected chi connectivity index (χ1v) is 15.0. The van der Waals surface area contributed by atoms with Gasteiger partial charge in [-0.25, -0.2) is 9.78 Å². The van der Waals surface area contributed by atoms with E-state index in [-0.39, 0.29) is 23.6 Å². The Morgan fingerprint density at radius 1 is 1.20 bits per heavy atom. The molecule has 0 amide bonds. The summed E-state index contributed by atoms with van der Waals surface area (Å²) in [7, 11) is -0.453. The standard InChI is InChI=1S/C27H32N2O5Si/c1-8-27(32)19-12-21-22-17(13-29(21)24(30)18(19)14-34-25(27)31)23(35(6,7)26(2,3)4)16-11-15(33-5)9-10-20(16)28-22/h9-12,32H,8,13-14H2,1-7H3/t27-/m0/s1. The minimum atomic E-state index is -2.11. The lowest BCUT2D eigenvalue weighted by Gasteiger charge is -2.39. The van der Waals surface area contributed by atoms with Crippen LogP contribution in [-0.4, -0.2) is 35.8 Å². The normalized spacial score (nSPS) is 19.3. The van der Waals surface area contributed by atoms with Gasteiger partial charge in [-0.2, -0.15) is 0 Å². The summed E-state index contributed by atoms with van der Waals surface area (Å²) in [6, 6.07) is 7.70. The van der Waals surface area contributed by atoms with Gasteiger partial charge in [0.1, 0.15) is 12.4 Å². The number of rotatable bonds is 3. The number of pyridine rings is 2. The second-order valence-corrected chi connectivity index (χ2v) is 16.4. The summed E-state index contributed by atoms with van der Waals surface area (Å²) in [5.41, 5.74) is 1.88. The van der Waals surface area contributed by atoms with Crippen LogP contribution < -0.4 is 15.5 Å². The Morgan fingerprint density at radius 2 is 1.91 bits per heavy atom. The summed E-state index contributed by atoms with van der Waals surface area (Å²) in [6.45, 7) is 13.5. The summed E-state index contributed by atoms with van der Waals surface area (Å²) < 4.78 is 12.5. The Balaban J connectivity index is 1.88. The summed E-state index contributed by atoms with van der Waals surface area (Å²) in [6.07, 6.45) is 0.120. The van der Waals surface area contributed by atoms with Gasteiger partial charge in [-0.1, -0.05) is 40.8 Å². The summed E-state index contributed by atoms with van der Waals surface area (Å²) in [5.74, 6) is 0.0571. The molecule has 1 aromatic carbocycles. The first-order chi connectivity index (χ1) is 16.3. The Labute approximate surface area is 205 Å². The summed E-state index contributed by atoms with van der Waals surface area (Å²) >= 11 is 0. The summed E-state index contributed by atoms with van der Waals surface area (Å²) in [4.78, 5) is 31.2. The van der Waals surface area contributed by atoms with Crippen LogP contribution in [0, 0.1) is 0 Å². The highest BCUT2D eigenvalue weighted by atomic mass is 28.3. The van der Waals surface area contributed by atoms with E-state index >= 15 is 0 Å². The zero-order valence-electron chi connectivity index (χ0n) is 21.4. The van der Waals surface area contributed by atoms with E-state index in [0.717, 1.165) is 27.9 Å². The van der Waals surface area contributed by atoms with Crippen LogP contribution in [0.15, 0.2) is 29.1 Å². The minimum Gasteiger partial charge on any atom is -0.497 e. The number of cyclic esters (lactones) is 1. The monoisotopic (exact) mass is 492 g/mol. The summed E-state index contributed by atoms with van der Waals surface area (Å²) in [5, 5.41) is 13.5. The number of aromatic nitrogens is 2. The van der Waals surface area contributed by atoms with Crippen molar-refractivity contribution >= 4 is 30.1 Å². The molecule has 2 aliphatic heterocycles. The number of aliphatic hydroxyl groups is 1. The van der Waals surface area contributed by atoms with E-state index in [1.807, 2.05) is 12.1 Å².